The zero-order valence-corrected chi connectivity index (χ0v) is 16.2. The van der Waals surface area contributed by atoms with Gasteiger partial charge in [0.15, 0.2) is 5.65 Å². The highest BCUT2D eigenvalue weighted by atomic mass is 127. The molecule has 0 bridgehead atoms. The Bertz CT molecular complexity index is 898. The first-order valence-corrected chi connectivity index (χ1v) is 9.47. The SMILES string of the molecule is COC1=CC=C(c2c(C)nn3c(O)c4c(nc23)CCC4)C(C)C1I. The fraction of sp³-hybridized carbons (Fsp3) is 0.444. The average molecular weight is 437 g/mol. The number of aromatic nitrogens is 3. The smallest absolute Gasteiger partial charge is 0.219 e. The van der Waals surface area contributed by atoms with E-state index in [4.69, 9.17) is 9.72 Å². The van der Waals surface area contributed by atoms with Gasteiger partial charge in [-0.25, -0.2) is 4.98 Å². The summed E-state index contributed by atoms with van der Waals surface area (Å²) in [6.07, 6.45) is 7.00. The molecule has 0 spiro atoms. The van der Waals surface area contributed by atoms with Crippen LogP contribution in [0.5, 0.6) is 5.88 Å². The fourth-order valence-corrected chi connectivity index (χ4v) is 4.61. The van der Waals surface area contributed by atoms with Crippen molar-refractivity contribution in [3.8, 4) is 5.88 Å². The maximum Gasteiger partial charge on any atom is 0.219 e. The average Bonchev–Trinajstić information content (AvgIpc) is 3.15. The van der Waals surface area contributed by atoms with Gasteiger partial charge in [-0.1, -0.05) is 35.6 Å². The van der Waals surface area contributed by atoms with E-state index in [0.29, 0.717) is 0 Å². The molecule has 2 atom stereocenters. The van der Waals surface area contributed by atoms with Gasteiger partial charge in [-0.3, -0.25) is 0 Å². The summed E-state index contributed by atoms with van der Waals surface area (Å²) in [5, 5.41) is 15.2. The Kier molecular flexibility index (Phi) is 3.82. The van der Waals surface area contributed by atoms with Crippen molar-refractivity contribution in [2.24, 2.45) is 5.92 Å². The van der Waals surface area contributed by atoms with Crippen LogP contribution in [-0.4, -0.2) is 30.7 Å². The number of nitrogens with zero attached hydrogens (tertiary/aromatic N) is 3. The summed E-state index contributed by atoms with van der Waals surface area (Å²) >= 11 is 2.43. The number of hydrogen-bond donors (Lipinski definition) is 1. The molecule has 0 saturated carbocycles. The summed E-state index contributed by atoms with van der Waals surface area (Å²) in [6, 6.07) is 0. The fourth-order valence-electron chi connectivity index (χ4n) is 3.76. The molecule has 2 aliphatic carbocycles. The molecule has 2 unspecified atom stereocenters. The summed E-state index contributed by atoms with van der Waals surface area (Å²) in [6.45, 7) is 4.19. The monoisotopic (exact) mass is 437 g/mol. The predicted molar refractivity (Wildman–Crippen MR) is 101 cm³/mol. The maximum atomic E-state index is 10.6. The minimum Gasteiger partial charge on any atom is -0.500 e. The van der Waals surface area contributed by atoms with Crippen LogP contribution in [0, 0.1) is 12.8 Å². The number of fused-ring (bicyclic) bond motifs is 2. The molecule has 2 aliphatic rings. The van der Waals surface area contributed by atoms with Gasteiger partial charge in [0.25, 0.3) is 0 Å². The van der Waals surface area contributed by atoms with Crippen LogP contribution in [-0.2, 0) is 17.6 Å². The van der Waals surface area contributed by atoms with Crippen molar-refractivity contribution >= 4 is 33.8 Å². The van der Waals surface area contributed by atoms with Gasteiger partial charge in [-0.2, -0.15) is 9.61 Å². The van der Waals surface area contributed by atoms with E-state index < -0.39 is 0 Å². The van der Waals surface area contributed by atoms with Crippen LogP contribution in [0.1, 0.15) is 35.9 Å². The van der Waals surface area contributed by atoms with Crippen LogP contribution >= 0.6 is 22.6 Å². The molecule has 0 amide bonds. The molecule has 2 aromatic rings. The van der Waals surface area contributed by atoms with E-state index in [-0.39, 0.29) is 15.7 Å². The van der Waals surface area contributed by atoms with E-state index in [1.807, 2.05) is 13.0 Å². The van der Waals surface area contributed by atoms with Gasteiger partial charge in [-0.05, 0) is 37.8 Å². The summed E-state index contributed by atoms with van der Waals surface area (Å²) in [7, 11) is 1.71. The zero-order chi connectivity index (χ0) is 17.0. The molecule has 1 N–H and O–H groups in total. The van der Waals surface area contributed by atoms with Crippen LogP contribution in [0.4, 0.5) is 0 Å². The van der Waals surface area contributed by atoms with Crippen molar-refractivity contribution < 1.29 is 9.84 Å². The molecule has 0 radical (unpaired) electrons. The lowest BCUT2D eigenvalue weighted by Gasteiger charge is -2.26. The number of ether oxygens (including phenoxy) is 1. The van der Waals surface area contributed by atoms with E-state index in [1.54, 1.807) is 11.6 Å². The minimum absolute atomic E-state index is 0.255. The number of aromatic hydroxyl groups is 1. The number of rotatable bonds is 2. The molecule has 0 fully saturated rings. The number of hydrogen-bond acceptors (Lipinski definition) is 4. The van der Waals surface area contributed by atoms with Crippen molar-refractivity contribution in [3.05, 3.63) is 40.4 Å². The van der Waals surface area contributed by atoms with E-state index in [0.717, 1.165) is 53.2 Å². The molecule has 0 aliphatic heterocycles. The molecular weight excluding hydrogens is 417 g/mol. The van der Waals surface area contributed by atoms with Crippen molar-refractivity contribution in [1.29, 1.82) is 0 Å². The van der Waals surface area contributed by atoms with Gasteiger partial charge in [0.2, 0.25) is 5.88 Å². The molecular formula is C18H20IN3O2. The third kappa shape index (κ3) is 2.18. The van der Waals surface area contributed by atoms with Crippen LogP contribution in [0.25, 0.3) is 11.2 Å². The normalized spacial score (nSPS) is 23.2. The highest BCUT2D eigenvalue weighted by Gasteiger charge is 2.31. The second-order valence-corrected chi connectivity index (χ2v) is 7.84. The van der Waals surface area contributed by atoms with Crippen molar-refractivity contribution in [2.45, 2.75) is 37.0 Å². The first-order valence-electron chi connectivity index (χ1n) is 8.23. The van der Waals surface area contributed by atoms with Crippen molar-refractivity contribution in [3.63, 3.8) is 0 Å². The number of alkyl halides is 1. The number of allylic oxidation sites excluding steroid dienone is 4. The Morgan fingerprint density at radius 3 is 2.88 bits per heavy atom. The Morgan fingerprint density at radius 2 is 2.12 bits per heavy atom. The molecule has 126 valence electrons. The van der Waals surface area contributed by atoms with E-state index in [2.05, 4.69) is 40.7 Å². The van der Waals surface area contributed by atoms with E-state index in [1.165, 1.54) is 5.57 Å². The summed E-state index contributed by atoms with van der Waals surface area (Å²) in [5.41, 5.74) is 5.88. The number of halogens is 1. The molecule has 2 heterocycles. The molecule has 0 aromatic carbocycles. The third-order valence-electron chi connectivity index (χ3n) is 5.09. The Balaban J connectivity index is 1.95. The largest absolute Gasteiger partial charge is 0.500 e. The summed E-state index contributed by atoms with van der Waals surface area (Å²) in [4.78, 5) is 4.86. The Morgan fingerprint density at radius 1 is 1.33 bits per heavy atom. The standard InChI is InChI=1S/C18H20IN3O2/c1-9-11(7-8-14(24-3)16(9)19)15-10(2)21-22-17(15)20-13-6-4-5-12(13)18(22)23/h7-9,16,23H,4-6H2,1-3H3. The molecule has 4 rings (SSSR count). The Labute approximate surface area is 154 Å². The van der Waals surface area contributed by atoms with Gasteiger partial charge in [-0.15, -0.1) is 0 Å². The highest BCUT2D eigenvalue weighted by Crippen LogP contribution is 2.40. The van der Waals surface area contributed by atoms with Crippen LogP contribution in [0.15, 0.2) is 17.9 Å². The Hall–Kier alpha value is -1.57. The molecule has 6 heteroatoms. The molecule has 2 aromatic heterocycles. The van der Waals surface area contributed by atoms with Gasteiger partial charge >= 0.3 is 0 Å². The summed E-state index contributed by atoms with van der Waals surface area (Å²) < 4.78 is 7.35. The van der Waals surface area contributed by atoms with Gasteiger partial charge in [0.1, 0.15) is 5.76 Å². The summed E-state index contributed by atoms with van der Waals surface area (Å²) in [5.74, 6) is 1.53. The first kappa shape index (κ1) is 15.9. The minimum atomic E-state index is 0.255. The molecule has 24 heavy (non-hydrogen) atoms. The topological polar surface area (TPSA) is 59.7 Å². The van der Waals surface area contributed by atoms with Crippen LogP contribution in [0.2, 0.25) is 0 Å². The van der Waals surface area contributed by atoms with Gasteiger partial charge in [0.05, 0.1) is 22.4 Å². The number of aryl methyl sites for hydroxylation is 2. The lowest BCUT2D eigenvalue weighted by atomic mass is 9.87. The zero-order valence-electron chi connectivity index (χ0n) is 14.0. The van der Waals surface area contributed by atoms with E-state index in [9.17, 15) is 5.11 Å². The highest BCUT2D eigenvalue weighted by molar-refractivity contribution is 14.1. The van der Waals surface area contributed by atoms with Gasteiger partial charge in [0, 0.05) is 17.0 Å². The lowest BCUT2D eigenvalue weighted by Crippen LogP contribution is -2.19. The first-order chi connectivity index (χ1) is 11.5. The second-order valence-electron chi connectivity index (χ2n) is 6.50. The predicted octanol–water partition coefficient (Wildman–Crippen LogP) is 3.60. The van der Waals surface area contributed by atoms with E-state index >= 15 is 0 Å². The van der Waals surface area contributed by atoms with Crippen molar-refractivity contribution in [1.82, 2.24) is 14.6 Å². The van der Waals surface area contributed by atoms with Crippen LogP contribution in [0.3, 0.4) is 0 Å². The third-order valence-corrected chi connectivity index (χ3v) is 6.78. The molecule has 0 saturated heterocycles. The lowest BCUT2D eigenvalue weighted by molar-refractivity contribution is 0.275. The van der Waals surface area contributed by atoms with Crippen molar-refractivity contribution in [2.75, 3.05) is 7.11 Å². The molecule has 5 nitrogen and oxygen atoms in total. The second kappa shape index (κ2) is 5.75. The maximum absolute atomic E-state index is 10.6. The van der Waals surface area contributed by atoms with Crippen LogP contribution < -0.4 is 0 Å². The number of methoxy groups -OCH3 is 1. The quantitative estimate of drug-likeness (QED) is 0.577. The van der Waals surface area contributed by atoms with Gasteiger partial charge < -0.3 is 9.84 Å².